The number of amides is 4. The van der Waals surface area contributed by atoms with Crippen molar-refractivity contribution in [3.05, 3.63) is 100 Å². The van der Waals surface area contributed by atoms with E-state index < -0.39 is 35.9 Å². The van der Waals surface area contributed by atoms with Crippen molar-refractivity contribution in [2.24, 2.45) is 5.73 Å². The van der Waals surface area contributed by atoms with Crippen molar-refractivity contribution in [1.29, 1.82) is 0 Å². The number of ketones is 1. The molecule has 0 saturated carbocycles. The lowest BCUT2D eigenvalue weighted by molar-refractivity contribution is -0.123. The van der Waals surface area contributed by atoms with Crippen LogP contribution in [-0.2, 0) is 9.59 Å². The Hall–Kier alpha value is -4.41. The van der Waals surface area contributed by atoms with Crippen LogP contribution in [0, 0.1) is 0 Å². The van der Waals surface area contributed by atoms with Crippen LogP contribution in [0.15, 0.2) is 72.8 Å². The summed E-state index contributed by atoms with van der Waals surface area (Å²) in [6.45, 7) is 6.29. The lowest BCUT2D eigenvalue weighted by atomic mass is 9.94. The highest BCUT2D eigenvalue weighted by Gasteiger charge is 2.48. The lowest BCUT2D eigenvalue weighted by Crippen LogP contribution is -2.54. The Balaban J connectivity index is 1.68. The Morgan fingerprint density at radius 1 is 1.00 bits per heavy atom. The average Bonchev–Trinajstić information content (AvgIpc) is 3.36. The molecule has 0 radical (unpaired) electrons. The number of halogens is 1. The summed E-state index contributed by atoms with van der Waals surface area (Å²) in [4.78, 5) is 54.5. The molecule has 0 aliphatic carbocycles. The first-order chi connectivity index (χ1) is 20.9. The van der Waals surface area contributed by atoms with E-state index in [2.05, 4.69) is 10.6 Å². The number of Topliss-reactive ketones (excluding diaryl/α,β-unsaturated/α-hetero) is 1. The molecule has 3 aromatic rings. The summed E-state index contributed by atoms with van der Waals surface area (Å²) in [6, 6.07) is 20.9. The molecule has 3 atom stereocenters. The van der Waals surface area contributed by atoms with Crippen molar-refractivity contribution in [1.82, 2.24) is 20.4 Å². The van der Waals surface area contributed by atoms with Gasteiger partial charge in [0.05, 0.1) is 18.5 Å². The Morgan fingerprint density at radius 2 is 1.70 bits per heavy atom. The van der Waals surface area contributed by atoms with Crippen LogP contribution in [0.1, 0.15) is 72.5 Å². The fourth-order valence-electron chi connectivity index (χ4n) is 5.66. The lowest BCUT2D eigenvalue weighted by Gasteiger charge is -2.37. The highest BCUT2D eigenvalue weighted by molar-refractivity contribution is 6.30. The Labute approximate surface area is 261 Å². The van der Waals surface area contributed by atoms with Crippen molar-refractivity contribution in [3.8, 4) is 5.75 Å². The average molecular weight is 618 g/mol. The molecule has 10 nitrogen and oxygen atoms in total. The Bertz CT molecular complexity index is 1560. The molecule has 3 unspecified atom stereocenters. The summed E-state index contributed by atoms with van der Waals surface area (Å²) in [6.07, 6.45) is -1.16. The Kier molecular flexibility index (Phi) is 8.94. The van der Waals surface area contributed by atoms with Gasteiger partial charge in [-0.05, 0) is 50.1 Å². The summed E-state index contributed by atoms with van der Waals surface area (Å²) in [5.41, 5.74) is 7.32. The highest BCUT2D eigenvalue weighted by Crippen LogP contribution is 2.48. The minimum atomic E-state index is -0.728. The van der Waals surface area contributed by atoms with E-state index in [9.17, 15) is 19.2 Å². The zero-order valence-electron chi connectivity index (χ0n) is 24.9. The van der Waals surface area contributed by atoms with E-state index in [-0.39, 0.29) is 30.1 Å². The standard InChI is InChI=1S/C33H36ClN5O5/c1-33(2,3)44-26-17-22(25(40)18-27(35)41)11-14-24(26)31-37-29(20-9-12-23(34)13-10-20)30(21-7-5-4-6-8-21)39(31)32(43)38-16-15-36-28(42)19-38/h4-14,17,29-31,37H,15-16,18-19H2,1-3H3,(H2,35,41)(H,36,42). The molecule has 2 heterocycles. The van der Waals surface area contributed by atoms with Gasteiger partial charge in [0.1, 0.15) is 24.1 Å². The summed E-state index contributed by atoms with van der Waals surface area (Å²) < 4.78 is 6.39. The first-order valence-electron chi connectivity index (χ1n) is 14.5. The van der Waals surface area contributed by atoms with Gasteiger partial charge in [-0.1, -0.05) is 66.2 Å². The van der Waals surface area contributed by atoms with E-state index >= 15 is 0 Å². The molecule has 44 heavy (non-hydrogen) atoms. The molecule has 4 N–H and O–H groups in total. The molecular weight excluding hydrogens is 582 g/mol. The third-order valence-electron chi connectivity index (χ3n) is 7.51. The van der Waals surface area contributed by atoms with Gasteiger partial charge in [0.25, 0.3) is 0 Å². The van der Waals surface area contributed by atoms with Crippen LogP contribution in [-0.4, -0.2) is 58.7 Å². The number of benzene rings is 3. The normalized spacial score (nSPS) is 20.3. The summed E-state index contributed by atoms with van der Waals surface area (Å²) >= 11 is 6.24. The zero-order chi connectivity index (χ0) is 31.6. The van der Waals surface area contributed by atoms with Gasteiger partial charge in [0.15, 0.2) is 5.78 Å². The number of primary amides is 1. The van der Waals surface area contributed by atoms with Crippen LogP contribution in [0.25, 0.3) is 0 Å². The number of hydrogen-bond donors (Lipinski definition) is 3. The van der Waals surface area contributed by atoms with E-state index in [1.807, 2.05) is 75.4 Å². The smallest absolute Gasteiger partial charge is 0.322 e. The highest BCUT2D eigenvalue weighted by atomic mass is 35.5. The molecule has 2 aliphatic heterocycles. The fourth-order valence-corrected chi connectivity index (χ4v) is 5.79. The molecule has 0 spiro atoms. The fraction of sp³-hybridized carbons (Fsp3) is 0.333. The number of ether oxygens (including phenoxy) is 1. The number of piperazine rings is 1. The largest absolute Gasteiger partial charge is 0.488 e. The van der Waals surface area contributed by atoms with Crippen LogP contribution in [0.4, 0.5) is 4.79 Å². The minimum absolute atomic E-state index is 0.0684. The number of carbonyl (C=O) groups is 4. The quantitative estimate of drug-likeness (QED) is 0.264. The monoisotopic (exact) mass is 617 g/mol. The first kappa shape index (κ1) is 31.0. The molecule has 4 amide bonds. The van der Waals surface area contributed by atoms with Gasteiger partial charge in [0, 0.05) is 29.2 Å². The number of rotatable bonds is 7. The van der Waals surface area contributed by atoms with Crippen molar-refractivity contribution in [3.63, 3.8) is 0 Å². The SMILES string of the molecule is CC(C)(C)Oc1cc(C(=O)CC(N)=O)ccc1C1NC(c2ccc(Cl)cc2)C(c2ccccc2)N1C(=O)N1CCNC(=O)C1. The number of nitrogens with one attached hydrogen (secondary N) is 2. The summed E-state index contributed by atoms with van der Waals surface area (Å²) in [7, 11) is 0. The predicted octanol–water partition coefficient (Wildman–Crippen LogP) is 4.51. The third-order valence-corrected chi connectivity index (χ3v) is 7.76. The predicted molar refractivity (Wildman–Crippen MR) is 166 cm³/mol. The molecule has 230 valence electrons. The van der Waals surface area contributed by atoms with Gasteiger partial charge in [-0.3, -0.25) is 24.6 Å². The summed E-state index contributed by atoms with van der Waals surface area (Å²) in [5, 5.41) is 7.05. The number of nitrogens with zero attached hydrogens (tertiary/aromatic N) is 2. The van der Waals surface area contributed by atoms with Gasteiger partial charge in [-0.15, -0.1) is 0 Å². The third kappa shape index (κ3) is 6.87. The van der Waals surface area contributed by atoms with Crippen LogP contribution in [0.5, 0.6) is 5.75 Å². The van der Waals surface area contributed by atoms with Crippen molar-refractivity contribution < 1.29 is 23.9 Å². The van der Waals surface area contributed by atoms with Gasteiger partial charge in [-0.2, -0.15) is 0 Å². The molecule has 2 aliphatic rings. The Morgan fingerprint density at radius 3 is 2.34 bits per heavy atom. The van der Waals surface area contributed by atoms with E-state index in [0.717, 1.165) is 11.1 Å². The number of hydrogen-bond acceptors (Lipinski definition) is 6. The van der Waals surface area contributed by atoms with Gasteiger partial charge in [-0.25, -0.2) is 4.79 Å². The second-order valence-corrected chi connectivity index (χ2v) is 12.4. The van der Waals surface area contributed by atoms with Crippen molar-refractivity contribution >= 4 is 35.2 Å². The van der Waals surface area contributed by atoms with Gasteiger partial charge in [0.2, 0.25) is 11.8 Å². The van der Waals surface area contributed by atoms with Crippen molar-refractivity contribution in [2.45, 2.75) is 51.0 Å². The number of carbonyl (C=O) groups excluding carboxylic acids is 4. The number of urea groups is 1. The van der Waals surface area contributed by atoms with Crippen LogP contribution >= 0.6 is 11.6 Å². The maximum absolute atomic E-state index is 14.5. The van der Waals surface area contributed by atoms with E-state index in [4.69, 9.17) is 22.1 Å². The minimum Gasteiger partial charge on any atom is -0.488 e. The molecule has 5 rings (SSSR count). The van der Waals surface area contributed by atoms with Gasteiger partial charge >= 0.3 is 6.03 Å². The van der Waals surface area contributed by atoms with E-state index in [1.165, 1.54) is 0 Å². The molecule has 0 bridgehead atoms. The van der Waals surface area contributed by atoms with E-state index in [0.29, 0.717) is 29.4 Å². The maximum Gasteiger partial charge on any atom is 0.322 e. The van der Waals surface area contributed by atoms with Crippen LogP contribution in [0.3, 0.4) is 0 Å². The molecule has 3 aromatic carbocycles. The summed E-state index contributed by atoms with van der Waals surface area (Å²) in [5.74, 6) is -1.01. The molecule has 2 saturated heterocycles. The number of nitrogens with two attached hydrogens (primary N) is 1. The van der Waals surface area contributed by atoms with Crippen LogP contribution in [0.2, 0.25) is 5.02 Å². The molecule has 2 fully saturated rings. The molecule has 0 aromatic heterocycles. The van der Waals surface area contributed by atoms with Crippen molar-refractivity contribution in [2.75, 3.05) is 19.6 Å². The zero-order valence-corrected chi connectivity index (χ0v) is 25.6. The molecular formula is C33H36ClN5O5. The maximum atomic E-state index is 14.5. The second-order valence-electron chi connectivity index (χ2n) is 11.9. The van der Waals surface area contributed by atoms with Gasteiger partial charge < -0.3 is 20.7 Å². The second kappa shape index (κ2) is 12.7. The topological polar surface area (TPSA) is 134 Å². The first-order valence-corrected chi connectivity index (χ1v) is 14.8. The molecule has 11 heteroatoms. The van der Waals surface area contributed by atoms with Crippen LogP contribution < -0.4 is 21.1 Å². The van der Waals surface area contributed by atoms with E-state index in [1.54, 1.807) is 28.0 Å².